The highest BCUT2D eigenvalue weighted by molar-refractivity contribution is 7.89. The number of carbonyl (C=O) groups is 1. The smallest absolute Gasteiger partial charge is 0.264 e. The van der Waals surface area contributed by atoms with Crippen molar-refractivity contribution in [3.05, 3.63) is 73.7 Å². The zero-order valence-corrected chi connectivity index (χ0v) is 21.6. The number of benzene rings is 2. The van der Waals surface area contributed by atoms with E-state index in [4.69, 9.17) is 28.3 Å². The Morgan fingerprint density at radius 3 is 2.28 bits per heavy atom. The van der Waals surface area contributed by atoms with Gasteiger partial charge in [-0.25, -0.2) is 18.5 Å². The summed E-state index contributed by atoms with van der Waals surface area (Å²) in [6, 6.07) is 9.13. The van der Waals surface area contributed by atoms with Crippen molar-refractivity contribution in [2.75, 3.05) is 24.3 Å². The minimum atomic E-state index is -4.08. The molecule has 1 atom stereocenters. The Hall–Kier alpha value is -3.45. The largest absolute Gasteiger partial charge is 0.361 e. The van der Waals surface area contributed by atoms with E-state index in [1.54, 1.807) is 43.3 Å². The molecule has 2 aromatic carbocycles. The molecule has 1 amide bonds. The number of nitrogens with zero attached hydrogens (tertiary/aromatic N) is 3. The molecule has 0 aliphatic carbocycles. The molecule has 4 aromatic rings. The van der Waals surface area contributed by atoms with Gasteiger partial charge in [-0.1, -0.05) is 35.3 Å². The van der Waals surface area contributed by atoms with Gasteiger partial charge in [-0.3, -0.25) is 14.7 Å². The van der Waals surface area contributed by atoms with Crippen LogP contribution < -0.4 is 20.9 Å². The number of anilines is 2. The Labute approximate surface area is 215 Å². The molecule has 0 saturated carbocycles. The fraction of sp³-hybridized carbons (Fsp3) is 0.182. The van der Waals surface area contributed by atoms with Crippen LogP contribution in [0, 0.1) is 0 Å². The van der Waals surface area contributed by atoms with Crippen molar-refractivity contribution >= 4 is 61.7 Å². The Kier molecular flexibility index (Phi) is 6.80. The second-order valence-electron chi connectivity index (χ2n) is 8.20. The fourth-order valence-corrected chi connectivity index (χ4v) is 5.22. The molecule has 0 saturated heterocycles. The molecule has 36 heavy (non-hydrogen) atoms. The lowest BCUT2D eigenvalue weighted by molar-refractivity contribution is -0.114. The number of hydrogen-bond donors (Lipinski definition) is 4. The van der Waals surface area contributed by atoms with Gasteiger partial charge in [0, 0.05) is 42.3 Å². The van der Waals surface area contributed by atoms with E-state index < -0.39 is 21.5 Å². The highest BCUT2D eigenvalue weighted by Crippen LogP contribution is 2.40. The van der Waals surface area contributed by atoms with Crippen molar-refractivity contribution in [2.24, 2.45) is 5.14 Å². The molecule has 0 bridgehead atoms. The molecule has 1 unspecified atom stereocenters. The zero-order chi connectivity index (χ0) is 26.4. The first-order valence-corrected chi connectivity index (χ1v) is 12.7. The number of carbonyl (C=O) groups excluding carboxylic acids is 1. The molecule has 4 rings (SSSR count). The third-order valence-corrected chi connectivity index (χ3v) is 6.88. The topological polar surface area (TPSA) is 167 Å². The fourth-order valence-electron chi connectivity index (χ4n) is 3.83. The van der Waals surface area contributed by atoms with Gasteiger partial charge < -0.3 is 15.2 Å². The minimum Gasteiger partial charge on any atom is -0.361 e. The maximum absolute atomic E-state index is 13.1. The minimum absolute atomic E-state index is 0.00352. The summed E-state index contributed by atoms with van der Waals surface area (Å²) in [5.41, 5.74) is 1.25. The van der Waals surface area contributed by atoms with Crippen LogP contribution in [0.3, 0.4) is 0 Å². The molecule has 0 radical (unpaired) electrons. The summed E-state index contributed by atoms with van der Waals surface area (Å²) in [6.07, 6.45) is 0. The molecule has 0 aliphatic heterocycles. The first-order chi connectivity index (χ1) is 16.9. The number of aromatic nitrogens is 4. The Morgan fingerprint density at radius 1 is 1.14 bits per heavy atom. The average molecular weight is 550 g/mol. The maximum Gasteiger partial charge on any atom is 0.264 e. The van der Waals surface area contributed by atoms with E-state index >= 15 is 0 Å². The van der Waals surface area contributed by atoms with E-state index in [1.807, 2.05) is 0 Å². The SMILES string of the molecule is CC(=O)Nc1ccc(C(c2nc3[nH]nc(N(C)C)c3c(=O)[nH]2)c2c(Cl)cc(S(N)(=O)=O)cc2Cl)cc1. The van der Waals surface area contributed by atoms with Gasteiger partial charge in [0.15, 0.2) is 11.5 Å². The predicted molar refractivity (Wildman–Crippen MR) is 138 cm³/mol. The molecule has 0 fully saturated rings. The highest BCUT2D eigenvalue weighted by Gasteiger charge is 2.28. The lowest BCUT2D eigenvalue weighted by atomic mass is 9.90. The van der Waals surface area contributed by atoms with E-state index in [-0.39, 0.29) is 37.7 Å². The second kappa shape index (κ2) is 9.54. The first kappa shape index (κ1) is 25.6. The summed E-state index contributed by atoms with van der Waals surface area (Å²) in [6.45, 7) is 1.39. The van der Waals surface area contributed by atoms with Crippen molar-refractivity contribution in [1.82, 2.24) is 20.2 Å². The van der Waals surface area contributed by atoms with Crippen LogP contribution in [0.25, 0.3) is 11.0 Å². The normalized spacial score (nSPS) is 12.5. The first-order valence-electron chi connectivity index (χ1n) is 10.4. The molecule has 5 N–H and O–H groups in total. The molecular formula is C22H21Cl2N7O4S. The molecule has 11 nitrogen and oxygen atoms in total. The number of primary sulfonamides is 1. The highest BCUT2D eigenvalue weighted by atomic mass is 35.5. The number of nitrogens with one attached hydrogen (secondary N) is 3. The predicted octanol–water partition coefficient (Wildman–Crippen LogP) is 2.81. The number of nitrogens with two attached hydrogens (primary N) is 1. The van der Waals surface area contributed by atoms with Gasteiger partial charge in [-0.15, -0.1) is 0 Å². The number of hydrogen-bond acceptors (Lipinski definition) is 7. The van der Waals surface area contributed by atoms with Gasteiger partial charge in [0.2, 0.25) is 15.9 Å². The van der Waals surface area contributed by atoms with Crippen molar-refractivity contribution in [2.45, 2.75) is 17.7 Å². The summed E-state index contributed by atoms with van der Waals surface area (Å²) in [5, 5.41) is 15.1. The number of H-pyrrole nitrogens is 2. The number of halogens is 2. The Balaban J connectivity index is 1.97. The van der Waals surface area contributed by atoms with Gasteiger partial charge >= 0.3 is 0 Å². The van der Waals surface area contributed by atoms with E-state index in [0.29, 0.717) is 22.6 Å². The number of amides is 1. The van der Waals surface area contributed by atoms with Gasteiger partial charge in [-0.2, -0.15) is 5.10 Å². The van der Waals surface area contributed by atoms with Crippen LogP contribution in [0.4, 0.5) is 11.5 Å². The summed E-state index contributed by atoms with van der Waals surface area (Å²) in [4.78, 5) is 33.3. The standard InChI is InChI=1S/C22H21Cl2N7O4S/c1-10(32)26-12-6-4-11(5-7-12)16(17-14(23)8-13(9-15(17)24)36(25,34)35)19-27-20-18(22(33)28-19)21(30-29-20)31(2)3/h4-9,16H,1-3H3,(H,26,32)(H2,25,34,35)(H2,27,28,29,30,33). The third-order valence-electron chi connectivity index (χ3n) is 5.36. The quantitative estimate of drug-likeness (QED) is 0.286. The summed E-state index contributed by atoms with van der Waals surface area (Å²) in [7, 11) is -0.588. The maximum atomic E-state index is 13.1. The number of aromatic amines is 2. The molecule has 188 valence electrons. The molecule has 2 aromatic heterocycles. The van der Waals surface area contributed by atoms with E-state index in [1.165, 1.54) is 19.1 Å². The van der Waals surface area contributed by atoms with Gasteiger partial charge in [-0.05, 0) is 29.8 Å². The molecule has 2 heterocycles. The molecule has 14 heteroatoms. The second-order valence-corrected chi connectivity index (χ2v) is 10.6. The van der Waals surface area contributed by atoms with Crippen LogP contribution in [-0.2, 0) is 14.8 Å². The van der Waals surface area contributed by atoms with Crippen molar-refractivity contribution < 1.29 is 13.2 Å². The van der Waals surface area contributed by atoms with E-state index in [0.717, 1.165) is 0 Å². The summed E-state index contributed by atoms with van der Waals surface area (Å²) < 4.78 is 23.8. The number of fused-ring (bicyclic) bond motifs is 1. The Morgan fingerprint density at radius 2 is 1.75 bits per heavy atom. The summed E-state index contributed by atoms with van der Waals surface area (Å²) >= 11 is 13.1. The number of rotatable bonds is 6. The van der Waals surface area contributed by atoms with Crippen LogP contribution in [0.5, 0.6) is 0 Å². The van der Waals surface area contributed by atoms with Crippen LogP contribution in [0.15, 0.2) is 46.1 Å². The van der Waals surface area contributed by atoms with Crippen LogP contribution in [-0.4, -0.2) is 48.6 Å². The zero-order valence-electron chi connectivity index (χ0n) is 19.3. The average Bonchev–Trinajstić information content (AvgIpc) is 3.21. The summed E-state index contributed by atoms with van der Waals surface area (Å²) in [5.74, 6) is -0.471. The lowest BCUT2D eigenvalue weighted by Crippen LogP contribution is -2.19. The van der Waals surface area contributed by atoms with Crippen molar-refractivity contribution in [3.8, 4) is 0 Å². The van der Waals surface area contributed by atoms with E-state index in [2.05, 4.69) is 25.5 Å². The van der Waals surface area contributed by atoms with Crippen LogP contribution in [0.2, 0.25) is 10.0 Å². The lowest BCUT2D eigenvalue weighted by Gasteiger charge is -2.21. The van der Waals surface area contributed by atoms with Crippen molar-refractivity contribution in [1.29, 1.82) is 0 Å². The van der Waals surface area contributed by atoms with Crippen LogP contribution in [0.1, 0.15) is 29.8 Å². The van der Waals surface area contributed by atoms with E-state index in [9.17, 15) is 18.0 Å². The number of sulfonamides is 1. The van der Waals surface area contributed by atoms with Gasteiger partial charge in [0.25, 0.3) is 5.56 Å². The van der Waals surface area contributed by atoms with Gasteiger partial charge in [0.05, 0.1) is 10.8 Å². The van der Waals surface area contributed by atoms with Gasteiger partial charge in [0.1, 0.15) is 11.2 Å². The molecule has 0 aliphatic rings. The molecule has 0 spiro atoms. The van der Waals surface area contributed by atoms with Crippen molar-refractivity contribution in [3.63, 3.8) is 0 Å². The third kappa shape index (κ3) is 4.93. The monoisotopic (exact) mass is 549 g/mol. The molecular weight excluding hydrogens is 529 g/mol. The van der Waals surface area contributed by atoms with Crippen LogP contribution >= 0.6 is 23.2 Å². The Bertz CT molecular complexity index is 1620.